The Morgan fingerprint density at radius 3 is 2.58 bits per heavy atom. The molecule has 3 heterocycles. The number of hydrogen-bond acceptors (Lipinski definition) is 6. The SMILES string of the molecule is CN1CCN(C(c2ccc(F)cc2)C2Sc3ncnn3C2=O)CC1. The summed E-state index contributed by atoms with van der Waals surface area (Å²) in [5, 5.41) is 4.34. The molecule has 24 heavy (non-hydrogen) atoms. The van der Waals surface area contributed by atoms with Crippen LogP contribution in [0.15, 0.2) is 35.7 Å². The minimum atomic E-state index is -0.310. The highest BCUT2D eigenvalue weighted by Gasteiger charge is 2.42. The summed E-state index contributed by atoms with van der Waals surface area (Å²) in [7, 11) is 2.10. The van der Waals surface area contributed by atoms with Gasteiger partial charge in [0.05, 0.1) is 6.04 Å². The quantitative estimate of drug-likeness (QED) is 0.839. The maximum atomic E-state index is 13.3. The lowest BCUT2D eigenvalue weighted by Gasteiger charge is -2.39. The summed E-state index contributed by atoms with van der Waals surface area (Å²) in [5.41, 5.74) is 0.956. The topological polar surface area (TPSA) is 54.3 Å². The third-order valence-electron chi connectivity index (χ3n) is 4.63. The lowest BCUT2D eigenvalue weighted by Crippen LogP contribution is -2.49. The number of likely N-dealkylation sites (N-methyl/N-ethyl adjacent to an activating group) is 1. The Bertz CT molecular complexity index is 741. The zero-order valence-electron chi connectivity index (χ0n) is 13.3. The third-order valence-corrected chi connectivity index (χ3v) is 5.83. The van der Waals surface area contributed by atoms with Gasteiger partial charge in [-0.2, -0.15) is 9.78 Å². The van der Waals surface area contributed by atoms with Gasteiger partial charge in [-0.3, -0.25) is 9.69 Å². The summed E-state index contributed by atoms with van der Waals surface area (Å²) in [6.45, 7) is 3.65. The van der Waals surface area contributed by atoms with Crippen LogP contribution in [0.4, 0.5) is 4.39 Å². The van der Waals surface area contributed by atoms with Crippen molar-refractivity contribution in [3.8, 4) is 0 Å². The molecular weight excluding hydrogens is 329 g/mol. The van der Waals surface area contributed by atoms with E-state index in [1.165, 1.54) is 34.9 Å². The van der Waals surface area contributed by atoms with Gasteiger partial charge in [0.2, 0.25) is 0 Å². The Morgan fingerprint density at radius 2 is 1.92 bits per heavy atom. The number of fused-ring (bicyclic) bond motifs is 1. The van der Waals surface area contributed by atoms with Crippen LogP contribution in [0.5, 0.6) is 0 Å². The summed E-state index contributed by atoms with van der Waals surface area (Å²) in [6, 6.07) is 6.36. The molecule has 2 aliphatic heterocycles. The molecule has 2 aromatic rings. The molecule has 0 saturated carbocycles. The summed E-state index contributed by atoms with van der Waals surface area (Å²) < 4.78 is 14.7. The molecule has 0 N–H and O–H groups in total. The molecule has 6 nitrogen and oxygen atoms in total. The first-order valence-corrected chi connectivity index (χ1v) is 8.80. The van der Waals surface area contributed by atoms with Crippen molar-refractivity contribution in [2.75, 3.05) is 33.2 Å². The molecule has 2 atom stereocenters. The highest BCUT2D eigenvalue weighted by molar-refractivity contribution is 8.00. The Balaban J connectivity index is 1.67. The molecule has 0 radical (unpaired) electrons. The first-order valence-electron chi connectivity index (χ1n) is 7.92. The maximum absolute atomic E-state index is 13.3. The number of aromatic nitrogens is 3. The molecule has 1 aromatic heterocycles. The molecule has 2 unspecified atom stereocenters. The van der Waals surface area contributed by atoms with Gasteiger partial charge in [-0.05, 0) is 24.7 Å². The number of halogens is 1. The van der Waals surface area contributed by atoms with E-state index in [0.29, 0.717) is 5.16 Å². The van der Waals surface area contributed by atoms with E-state index in [2.05, 4.69) is 26.9 Å². The van der Waals surface area contributed by atoms with Crippen LogP contribution in [-0.2, 0) is 0 Å². The first-order chi connectivity index (χ1) is 11.6. The average molecular weight is 347 g/mol. The van der Waals surface area contributed by atoms with Crippen molar-refractivity contribution in [2.45, 2.75) is 16.4 Å². The number of carbonyl (C=O) groups is 1. The lowest BCUT2D eigenvalue weighted by molar-refractivity contribution is 0.0766. The van der Waals surface area contributed by atoms with E-state index in [1.807, 2.05) is 0 Å². The van der Waals surface area contributed by atoms with Gasteiger partial charge >= 0.3 is 0 Å². The van der Waals surface area contributed by atoms with Crippen molar-refractivity contribution < 1.29 is 9.18 Å². The van der Waals surface area contributed by atoms with Crippen molar-refractivity contribution in [3.05, 3.63) is 42.0 Å². The number of nitrogens with zero attached hydrogens (tertiary/aromatic N) is 5. The van der Waals surface area contributed by atoms with Crippen molar-refractivity contribution >= 4 is 17.7 Å². The molecule has 1 aromatic carbocycles. The van der Waals surface area contributed by atoms with Crippen molar-refractivity contribution in [1.82, 2.24) is 24.6 Å². The fraction of sp³-hybridized carbons (Fsp3) is 0.438. The standard InChI is InChI=1S/C16H18FN5OS/c1-20-6-8-21(9-7-20)13(11-2-4-12(17)5-3-11)14-15(23)22-16(24-14)18-10-19-22/h2-5,10,13-14H,6-9H2,1H3. The molecule has 0 amide bonds. The highest BCUT2D eigenvalue weighted by atomic mass is 32.2. The van der Waals surface area contributed by atoms with Gasteiger partial charge in [0.1, 0.15) is 17.4 Å². The average Bonchev–Trinajstić information content (AvgIpc) is 3.15. The normalized spacial score (nSPS) is 23.4. The van der Waals surface area contributed by atoms with Crippen molar-refractivity contribution in [1.29, 1.82) is 0 Å². The largest absolute Gasteiger partial charge is 0.304 e. The maximum Gasteiger partial charge on any atom is 0.264 e. The second-order valence-electron chi connectivity index (χ2n) is 6.17. The monoisotopic (exact) mass is 347 g/mol. The van der Waals surface area contributed by atoms with Gasteiger partial charge in [-0.1, -0.05) is 23.9 Å². The third kappa shape index (κ3) is 2.74. The van der Waals surface area contributed by atoms with Crippen LogP contribution < -0.4 is 0 Å². The molecule has 2 aliphatic rings. The Kier molecular flexibility index (Phi) is 4.11. The Hall–Kier alpha value is -1.77. The summed E-state index contributed by atoms with van der Waals surface area (Å²) in [4.78, 5) is 21.5. The van der Waals surface area contributed by atoms with Gasteiger partial charge in [0.25, 0.3) is 5.91 Å². The Labute approximate surface area is 143 Å². The summed E-state index contributed by atoms with van der Waals surface area (Å²) >= 11 is 1.44. The van der Waals surface area contributed by atoms with Crippen LogP contribution in [0, 0.1) is 5.82 Å². The molecule has 0 spiro atoms. The zero-order valence-corrected chi connectivity index (χ0v) is 14.1. The van der Waals surface area contributed by atoms with E-state index in [4.69, 9.17) is 0 Å². The van der Waals surface area contributed by atoms with Crippen molar-refractivity contribution in [2.24, 2.45) is 0 Å². The molecular formula is C16H18FN5OS. The number of thioether (sulfide) groups is 1. The van der Waals surface area contributed by atoms with E-state index < -0.39 is 0 Å². The summed E-state index contributed by atoms with van der Waals surface area (Å²) in [5.74, 6) is -0.323. The molecule has 1 fully saturated rings. The molecule has 0 aliphatic carbocycles. The second kappa shape index (κ2) is 6.27. The number of hydrogen-bond donors (Lipinski definition) is 0. The van der Waals surface area contributed by atoms with Gasteiger partial charge < -0.3 is 4.90 Å². The fourth-order valence-electron chi connectivity index (χ4n) is 3.28. The zero-order chi connectivity index (χ0) is 16.7. The minimum absolute atomic E-state index is 0.0549. The van der Waals surface area contributed by atoms with E-state index in [1.54, 1.807) is 12.1 Å². The molecule has 8 heteroatoms. The van der Waals surface area contributed by atoms with Gasteiger partial charge in [-0.15, -0.1) is 0 Å². The first kappa shape index (κ1) is 15.7. The van der Waals surface area contributed by atoms with E-state index in [9.17, 15) is 9.18 Å². The molecule has 1 saturated heterocycles. The predicted octanol–water partition coefficient (Wildman–Crippen LogP) is 1.52. The minimum Gasteiger partial charge on any atom is -0.304 e. The van der Waals surface area contributed by atoms with Crippen LogP contribution in [0.2, 0.25) is 0 Å². The van der Waals surface area contributed by atoms with E-state index in [-0.39, 0.29) is 23.0 Å². The number of carbonyl (C=O) groups excluding carboxylic acids is 1. The smallest absolute Gasteiger partial charge is 0.264 e. The lowest BCUT2D eigenvalue weighted by atomic mass is 10.00. The van der Waals surface area contributed by atoms with Crippen LogP contribution >= 0.6 is 11.8 Å². The molecule has 126 valence electrons. The van der Waals surface area contributed by atoms with E-state index >= 15 is 0 Å². The number of benzene rings is 1. The predicted molar refractivity (Wildman–Crippen MR) is 88.5 cm³/mol. The van der Waals surface area contributed by atoms with E-state index in [0.717, 1.165) is 31.7 Å². The van der Waals surface area contributed by atoms with Gasteiger partial charge in [-0.25, -0.2) is 9.37 Å². The van der Waals surface area contributed by atoms with Crippen LogP contribution in [-0.4, -0.2) is 68.9 Å². The van der Waals surface area contributed by atoms with Gasteiger partial charge in [0, 0.05) is 26.2 Å². The Morgan fingerprint density at radius 1 is 1.21 bits per heavy atom. The van der Waals surface area contributed by atoms with Gasteiger partial charge in [0.15, 0.2) is 5.16 Å². The fourth-order valence-corrected chi connectivity index (χ4v) is 4.51. The highest BCUT2D eigenvalue weighted by Crippen LogP contribution is 2.40. The molecule has 0 bridgehead atoms. The van der Waals surface area contributed by atoms with Crippen LogP contribution in [0.1, 0.15) is 16.4 Å². The van der Waals surface area contributed by atoms with Crippen molar-refractivity contribution in [3.63, 3.8) is 0 Å². The van der Waals surface area contributed by atoms with Crippen LogP contribution in [0.25, 0.3) is 0 Å². The number of piperazine rings is 1. The number of rotatable bonds is 3. The second-order valence-corrected chi connectivity index (χ2v) is 7.28. The summed E-state index contributed by atoms with van der Waals surface area (Å²) in [6.07, 6.45) is 1.40. The van der Waals surface area contributed by atoms with Crippen LogP contribution in [0.3, 0.4) is 0 Å². The molecule has 4 rings (SSSR count).